The van der Waals surface area contributed by atoms with E-state index >= 15 is 0 Å². The Labute approximate surface area is 108 Å². The number of nitrogens with two attached hydrogens (primary N) is 1. The van der Waals surface area contributed by atoms with Gasteiger partial charge in [0.1, 0.15) is 0 Å². The maximum absolute atomic E-state index is 10.9. The second-order valence-corrected chi connectivity index (χ2v) is 5.58. The van der Waals surface area contributed by atoms with E-state index in [4.69, 9.17) is 10.8 Å². The molecule has 1 aliphatic carbocycles. The molecule has 1 aliphatic rings. The van der Waals surface area contributed by atoms with Crippen molar-refractivity contribution in [3.05, 3.63) is 35.9 Å². The summed E-state index contributed by atoms with van der Waals surface area (Å²) in [5.74, 6) is -0.615. The van der Waals surface area contributed by atoms with Crippen LogP contribution in [0.2, 0.25) is 0 Å². The maximum Gasteiger partial charge on any atom is 0.305 e. The molecule has 2 rings (SSSR count). The van der Waals surface area contributed by atoms with Gasteiger partial charge < -0.3 is 10.8 Å². The minimum Gasteiger partial charge on any atom is -0.481 e. The summed E-state index contributed by atoms with van der Waals surface area (Å²) in [6.45, 7) is 4.24. The van der Waals surface area contributed by atoms with Crippen molar-refractivity contribution in [2.45, 2.75) is 44.1 Å². The van der Waals surface area contributed by atoms with E-state index in [1.165, 1.54) is 5.56 Å². The van der Waals surface area contributed by atoms with Crippen molar-refractivity contribution in [1.29, 1.82) is 0 Å². The Bertz CT molecular complexity index is 445. The molecule has 1 aromatic carbocycles. The van der Waals surface area contributed by atoms with E-state index in [1.807, 2.05) is 18.2 Å². The molecule has 0 heterocycles. The molecule has 3 N–H and O–H groups in total. The first kappa shape index (κ1) is 13.1. The van der Waals surface area contributed by atoms with E-state index in [0.717, 1.165) is 12.8 Å². The number of benzene rings is 1. The molecule has 98 valence electrons. The van der Waals surface area contributed by atoms with Crippen molar-refractivity contribution in [1.82, 2.24) is 0 Å². The highest BCUT2D eigenvalue weighted by Gasteiger charge is 2.59. The summed E-state index contributed by atoms with van der Waals surface area (Å²) >= 11 is 0. The largest absolute Gasteiger partial charge is 0.481 e. The van der Waals surface area contributed by atoms with Gasteiger partial charge in [-0.25, -0.2) is 0 Å². The van der Waals surface area contributed by atoms with Crippen molar-refractivity contribution in [2.24, 2.45) is 11.7 Å². The zero-order valence-electron chi connectivity index (χ0n) is 11.0. The topological polar surface area (TPSA) is 63.3 Å². The molecule has 0 amide bonds. The Morgan fingerprint density at radius 2 is 2.06 bits per heavy atom. The van der Waals surface area contributed by atoms with E-state index in [9.17, 15) is 4.79 Å². The van der Waals surface area contributed by atoms with Crippen LogP contribution >= 0.6 is 0 Å². The first-order valence-electron chi connectivity index (χ1n) is 6.51. The number of carboxylic acid groups (broad SMARTS) is 1. The van der Waals surface area contributed by atoms with Gasteiger partial charge in [-0.3, -0.25) is 4.79 Å². The third kappa shape index (κ3) is 1.83. The number of rotatable bonds is 4. The molecule has 3 nitrogen and oxygen atoms in total. The highest BCUT2D eigenvalue weighted by Crippen LogP contribution is 2.57. The summed E-state index contributed by atoms with van der Waals surface area (Å²) in [6, 6.07) is 10.3. The van der Waals surface area contributed by atoms with Gasteiger partial charge in [0, 0.05) is 11.0 Å². The summed E-state index contributed by atoms with van der Waals surface area (Å²) in [4.78, 5) is 10.9. The highest BCUT2D eigenvalue weighted by atomic mass is 16.4. The monoisotopic (exact) mass is 247 g/mol. The second-order valence-electron chi connectivity index (χ2n) is 5.58. The smallest absolute Gasteiger partial charge is 0.305 e. The Balaban J connectivity index is 2.27. The van der Waals surface area contributed by atoms with Gasteiger partial charge in [0.2, 0.25) is 0 Å². The van der Waals surface area contributed by atoms with Crippen LogP contribution in [0.4, 0.5) is 0 Å². The number of hydrogen-bond donors (Lipinski definition) is 2. The molecular formula is C15H21NO2. The van der Waals surface area contributed by atoms with Crippen molar-refractivity contribution in [2.75, 3.05) is 0 Å². The molecule has 0 aromatic heterocycles. The predicted octanol–water partition coefficient (Wildman–Crippen LogP) is 2.55. The number of aliphatic carboxylic acids is 1. The first-order valence-corrected chi connectivity index (χ1v) is 6.51. The molecule has 0 aliphatic heterocycles. The normalized spacial score (nSPS) is 34.9. The van der Waals surface area contributed by atoms with Gasteiger partial charge in [-0.2, -0.15) is 0 Å². The van der Waals surface area contributed by atoms with E-state index in [2.05, 4.69) is 26.0 Å². The molecule has 1 fully saturated rings. The van der Waals surface area contributed by atoms with Crippen molar-refractivity contribution < 1.29 is 9.90 Å². The van der Waals surface area contributed by atoms with Gasteiger partial charge in [-0.1, -0.05) is 44.2 Å². The molecule has 0 radical (unpaired) electrons. The van der Waals surface area contributed by atoms with Gasteiger partial charge in [0.25, 0.3) is 0 Å². The van der Waals surface area contributed by atoms with Crippen LogP contribution in [-0.2, 0) is 10.2 Å². The lowest BCUT2D eigenvalue weighted by molar-refractivity contribution is -0.142. The molecule has 1 aromatic rings. The van der Waals surface area contributed by atoms with Gasteiger partial charge in [-0.15, -0.1) is 0 Å². The zero-order chi connectivity index (χ0) is 13.4. The SMILES string of the molecule is CCC1(c2ccccc2)CC(N)(CC(=O)O)C1C. The van der Waals surface area contributed by atoms with Crippen LogP contribution < -0.4 is 5.73 Å². The molecule has 0 bridgehead atoms. The van der Waals surface area contributed by atoms with Crippen LogP contribution in [-0.4, -0.2) is 16.6 Å². The standard InChI is InChI=1S/C15H21NO2/c1-3-14(12-7-5-4-6-8-12)10-15(16,11(14)2)9-13(17)18/h4-8,11H,3,9-10,16H2,1-2H3,(H,17,18). The molecule has 1 saturated carbocycles. The summed E-state index contributed by atoms with van der Waals surface area (Å²) in [7, 11) is 0. The first-order chi connectivity index (χ1) is 8.44. The van der Waals surface area contributed by atoms with Gasteiger partial charge in [-0.05, 0) is 24.3 Å². The minimum atomic E-state index is -0.804. The number of carbonyl (C=O) groups is 1. The summed E-state index contributed by atoms with van der Waals surface area (Å²) in [5, 5.41) is 8.97. The van der Waals surface area contributed by atoms with E-state index in [1.54, 1.807) is 0 Å². The lowest BCUT2D eigenvalue weighted by atomic mass is 9.46. The van der Waals surface area contributed by atoms with Gasteiger partial charge in [0.05, 0.1) is 6.42 Å². The molecule has 0 saturated heterocycles. The molecule has 0 spiro atoms. The fourth-order valence-electron chi connectivity index (χ4n) is 3.57. The fraction of sp³-hybridized carbons (Fsp3) is 0.533. The number of hydrogen-bond acceptors (Lipinski definition) is 2. The van der Waals surface area contributed by atoms with Crippen LogP contribution in [0.1, 0.15) is 38.7 Å². The molecule has 3 atom stereocenters. The molecule has 18 heavy (non-hydrogen) atoms. The molecular weight excluding hydrogens is 226 g/mol. The van der Waals surface area contributed by atoms with Crippen LogP contribution in [0.15, 0.2) is 30.3 Å². The summed E-state index contributed by atoms with van der Waals surface area (Å²) in [6.07, 6.45) is 1.81. The van der Waals surface area contributed by atoms with E-state index in [-0.39, 0.29) is 17.8 Å². The quantitative estimate of drug-likeness (QED) is 0.859. The van der Waals surface area contributed by atoms with Gasteiger partial charge >= 0.3 is 5.97 Å². The Hall–Kier alpha value is -1.35. The summed E-state index contributed by atoms with van der Waals surface area (Å²) < 4.78 is 0. The van der Waals surface area contributed by atoms with E-state index in [0.29, 0.717) is 0 Å². The molecule has 3 heteroatoms. The van der Waals surface area contributed by atoms with Crippen LogP contribution in [0, 0.1) is 5.92 Å². The summed E-state index contributed by atoms with van der Waals surface area (Å²) in [5.41, 5.74) is 7.03. The Morgan fingerprint density at radius 3 is 2.50 bits per heavy atom. The minimum absolute atomic E-state index is 0.0471. The van der Waals surface area contributed by atoms with Gasteiger partial charge in [0.15, 0.2) is 0 Å². The lowest BCUT2D eigenvalue weighted by Gasteiger charge is -2.60. The number of carboxylic acids is 1. The average Bonchev–Trinajstić information content (AvgIpc) is 2.35. The van der Waals surface area contributed by atoms with Crippen molar-refractivity contribution >= 4 is 5.97 Å². The maximum atomic E-state index is 10.9. The van der Waals surface area contributed by atoms with Crippen molar-refractivity contribution in [3.8, 4) is 0 Å². The van der Waals surface area contributed by atoms with Crippen LogP contribution in [0.3, 0.4) is 0 Å². The Kier molecular flexibility index (Phi) is 3.20. The zero-order valence-corrected chi connectivity index (χ0v) is 11.0. The average molecular weight is 247 g/mol. The fourth-order valence-corrected chi connectivity index (χ4v) is 3.57. The third-order valence-electron chi connectivity index (χ3n) is 4.80. The van der Waals surface area contributed by atoms with Crippen LogP contribution in [0.25, 0.3) is 0 Å². The van der Waals surface area contributed by atoms with Crippen LogP contribution in [0.5, 0.6) is 0 Å². The lowest BCUT2D eigenvalue weighted by Crippen LogP contribution is -2.68. The third-order valence-corrected chi connectivity index (χ3v) is 4.80. The Morgan fingerprint density at radius 1 is 1.44 bits per heavy atom. The predicted molar refractivity (Wildman–Crippen MR) is 71.4 cm³/mol. The van der Waals surface area contributed by atoms with E-state index < -0.39 is 11.5 Å². The highest BCUT2D eigenvalue weighted by molar-refractivity contribution is 5.69. The molecule has 3 unspecified atom stereocenters. The van der Waals surface area contributed by atoms with Crippen molar-refractivity contribution in [3.63, 3.8) is 0 Å². The second kappa shape index (κ2) is 4.39.